The van der Waals surface area contributed by atoms with Crippen LogP contribution in [0.5, 0.6) is 0 Å². The zero-order valence-electron chi connectivity index (χ0n) is 23.5. The van der Waals surface area contributed by atoms with Crippen LogP contribution >= 0.6 is 0 Å². The third-order valence-electron chi connectivity index (χ3n) is 8.61. The van der Waals surface area contributed by atoms with Crippen molar-refractivity contribution in [1.82, 2.24) is 0 Å². The Morgan fingerprint density at radius 3 is 2.00 bits per heavy atom. The van der Waals surface area contributed by atoms with E-state index in [4.69, 9.17) is 8.83 Å². The van der Waals surface area contributed by atoms with E-state index < -0.39 is 0 Å². The van der Waals surface area contributed by atoms with Crippen molar-refractivity contribution in [2.75, 3.05) is 0 Å². The van der Waals surface area contributed by atoms with Crippen LogP contribution in [0.1, 0.15) is 22.6 Å². The van der Waals surface area contributed by atoms with E-state index in [1.165, 1.54) is 27.8 Å². The maximum atomic E-state index is 12.6. The summed E-state index contributed by atoms with van der Waals surface area (Å²) < 4.78 is 12.1. The molecule has 0 aliphatic rings. The van der Waals surface area contributed by atoms with Crippen LogP contribution in [-0.2, 0) is 12.8 Å². The largest absolute Gasteiger partial charge is 0.456 e. The molecule has 206 valence electrons. The van der Waals surface area contributed by atoms with Gasteiger partial charge < -0.3 is 8.83 Å². The SMILES string of the molecule is O=c1oc2ccc(CC(Cc3cccc4c3oc3ccccc34)c3ccc(-c4ccccc4)cc3)cc2c2ccccc12. The van der Waals surface area contributed by atoms with Crippen molar-refractivity contribution < 1.29 is 8.83 Å². The van der Waals surface area contributed by atoms with Crippen molar-refractivity contribution in [3.8, 4) is 11.1 Å². The summed E-state index contributed by atoms with van der Waals surface area (Å²) in [5.41, 5.74) is 8.27. The molecule has 0 N–H and O–H groups in total. The summed E-state index contributed by atoms with van der Waals surface area (Å²) >= 11 is 0. The van der Waals surface area contributed by atoms with Crippen LogP contribution in [0, 0.1) is 0 Å². The quantitative estimate of drug-likeness (QED) is 0.151. The van der Waals surface area contributed by atoms with Crippen molar-refractivity contribution in [2.24, 2.45) is 0 Å². The third kappa shape index (κ3) is 4.60. The molecule has 0 radical (unpaired) electrons. The molecule has 0 bridgehead atoms. The number of rotatable bonds is 6. The Kier molecular flexibility index (Phi) is 6.15. The van der Waals surface area contributed by atoms with Crippen LogP contribution in [0.15, 0.2) is 153 Å². The van der Waals surface area contributed by atoms with Crippen LogP contribution in [0.3, 0.4) is 0 Å². The number of furan rings is 1. The van der Waals surface area contributed by atoms with Crippen molar-refractivity contribution in [3.05, 3.63) is 167 Å². The topological polar surface area (TPSA) is 43.4 Å². The summed E-state index contributed by atoms with van der Waals surface area (Å²) in [5.74, 6) is 0.197. The van der Waals surface area contributed by atoms with Gasteiger partial charge in [0.25, 0.3) is 0 Å². The van der Waals surface area contributed by atoms with Gasteiger partial charge in [-0.3, -0.25) is 0 Å². The zero-order valence-corrected chi connectivity index (χ0v) is 23.5. The van der Waals surface area contributed by atoms with Crippen molar-refractivity contribution in [1.29, 1.82) is 0 Å². The molecule has 0 saturated heterocycles. The van der Waals surface area contributed by atoms with Gasteiger partial charge in [-0.05, 0) is 76.2 Å². The average Bonchev–Trinajstić information content (AvgIpc) is 3.45. The minimum Gasteiger partial charge on any atom is -0.456 e. The first-order valence-electron chi connectivity index (χ1n) is 14.7. The lowest BCUT2D eigenvalue weighted by molar-refractivity contribution is 0.569. The van der Waals surface area contributed by atoms with E-state index in [1.807, 2.05) is 48.5 Å². The smallest absolute Gasteiger partial charge is 0.344 e. The summed E-state index contributed by atoms with van der Waals surface area (Å²) in [7, 11) is 0. The normalized spacial score (nSPS) is 12.4. The van der Waals surface area contributed by atoms with E-state index in [0.717, 1.165) is 45.6 Å². The zero-order chi connectivity index (χ0) is 28.8. The van der Waals surface area contributed by atoms with Gasteiger partial charge in [-0.1, -0.05) is 115 Å². The van der Waals surface area contributed by atoms with Gasteiger partial charge in [-0.15, -0.1) is 0 Å². The molecule has 1 atom stereocenters. The first kappa shape index (κ1) is 25.3. The molecule has 0 aliphatic heterocycles. The number of benzene rings is 6. The molecule has 0 amide bonds. The van der Waals surface area contributed by atoms with Gasteiger partial charge in [-0.25, -0.2) is 4.79 Å². The molecule has 2 aromatic heterocycles. The van der Waals surface area contributed by atoms with Crippen LogP contribution in [0.4, 0.5) is 0 Å². The summed E-state index contributed by atoms with van der Waals surface area (Å²) in [5, 5.41) is 4.79. The molecular formula is C40H28O3. The van der Waals surface area contributed by atoms with Crippen molar-refractivity contribution >= 4 is 43.7 Å². The van der Waals surface area contributed by atoms with Crippen LogP contribution in [0.2, 0.25) is 0 Å². The molecule has 8 aromatic rings. The lowest BCUT2D eigenvalue weighted by Crippen LogP contribution is -2.08. The van der Waals surface area contributed by atoms with E-state index in [0.29, 0.717) is 11.0 Å². The minimum atomic E-state index is -0.300. The Morgan fingerprint density at radius 2 is 1.16 bits per heavy atom. The maximum Gasteiger partial charge on any atom is 0.344 e. The van der Waals surface area contributed by atoms with E-state index >= 15 is 0 Å². The molecule has 0 aliphatic carbocycles. The highest BCUT2D eigenvalue weighted by molar-refractivity contribution is 6.06. The fourth-order valence-corrected chi connectivity index (χ4v) is 6.46. The van der Waals surface area contributed by atoms with Gasteiger partial charge in [0.1, 0.15) is 16.7 Å². The average molecular weight is 557 g/mol. The van der Waals surface area contributed by atoms with E-state index in [-0.39, 0.29) is 11.5 Å². The molecule has 2 heterocycles. The van der Waals surface area contributed by atoms with Gasteiger partial charge >= 0.3 is 5.63 Å². The Balaban J connectivity index is 1.23. The summed E-state index contributed by atoms with van der Waals surface area (Å²) in [4.78, 5) is 12.6. The molecule has 0 saturated carbocycles. The van der Waals surface area contributed by atoms with Gasteiger partial charge in [0.2, 0.25) is 0 Å². The lowest BCUT2D eigenvalue weighted by atomic mass is 9.85. The number of hydrogen-bond donors (Lipinski definition) is 0. The summed E-state index contributed by atoms with van der Waals surface area (Å²) in [6.45, 7) is 0. The van der Waals surface area contributed by atoms with Gasteiger partial charge in [0.15, 0.2) is 0 Å². The monoisotopic (exact) mass is 556 g/mol. The fourth-order valence-electron chi connectivity index (χ4n) is 6.46. The van der Waals surface area contributed by atoms with Crippen LogP contribution < -0.4 is 5.63 Å². The predicted molar refractivity (Wildman–Crippen MR) is 176 cm³/mol. The third-order valence-corrected chi connectivity index (χ3v) is 8.61. The lowest BCUT2D eigenvalue weighted by Gasteiger charge is -2.19. The Labute approximate surface area is 248 Å². The van der Waals surface area contributed by atoms with Crippen molar-refractivity contribution in [2.45, 2.75) is 18.8 Å². The molecule has 0 spiro atoms. The molecular weight excluding hydrogens is 528 g/mol. The first-order chi connectivity index (χ1) is 21.2. The second kappa shape index (κ2) is 10.5. The highest BCUT2D eigenvalue weighted by Gasteiger charge is 2.19. The first-order valence-corrected chi connectivity index (χ1v) is 14.7. The Hall–Kier alpha value is -5.41. The van der Waals surface area contributed by atoms with Crippen LogP contribution in [0.25, 0.3) is 54.8 Å². The molecule has 43 heavy (non-hydrogen) atoms. The Bertz CT molecular complexity index is 2310. The van der Waals surface area contributed by atoms with Gasteiger partial charge in [-0.2, -0.15) is 0 Å². The Morgan fingerprint density at radius 1 is 0.488 bits per heavy atom. The molecule has 3 heteroatoms. The molecule has 1 unspecified atom stereocenters. The second-order valence-corrected chi connectivity index (χ2v) is 11.3. The minimum absolute atomic E-state index is 0.197. The van der Waals surface area contributed by atoms with E-state index in [2.05, 4.69) is 91.0 Å². The fraction of sp³-hybridized carbons (Fsp3) is 0.0750. The highest BCUT2D eigenvalue weighted by Crippen LogP contribution is 2.35. The maximum absolute atomic E-state index is 12.6. The number of para-hydroxylation sites is 2. The number of fused-ring (bicyclic) bond motifs is 6. The second-order valence-electron chi connectivity index (χ2n) is 11.3. The molecule has 6 aromatic carbocycles. The molecule has 0 fully saturated rings. The standard InChI is InChI=1S/C40H28O3/c41-40-35-14-5-4-12-32(35)36-24-26(17-22-38(36)43-40)23-31(29-20-18-28(19-21-29)27-9-2-1-3-10-27)25-30-11-8-15-34-33-13-6-7-16-37(33)42-39(30)34/h1-22,24,31H,23,25H2. The summed E-state index contributed by atoms with van der Waals surface area (Å²) in [6, 6.07) is 48.1. The van der Waals surface area contributed by atoms with Crippen molar-refractivity contribution in [3.63, 3.8) is 0 Å². The summed E-state index contributed by atoms with van der Waals surface area (Å²) in [6.07, 6.45) is 1.65. The van der Waals surface area contributed by atoms with Crippen LogP contribution in [-0.4, -0.2) is 0 Å². The van der Waals surface area contributed by atoms with E-state index in [1.54, 1.807) is 0 Å². The predicted octanol–water partition coefficient (Wildman–Crippen LogP) is 10.1. The molecule has 8 rings (SSSR count). The molecule has 3 nitrogen and oxygen atoms in total. The number of hydrogen-bond acceptors (Lipinski definition) is 3. The van der Waals surface area contributed by atoms with E-state index in [9.17, 15) is 4.79 Å². The van der Waals surface area contributed by atoms with Gasteiger partial charge in [0.05, 0.1) is 5.39 Å². The van der Waals surface area contributed by atoms with Gasteiger partial charge in [0, 0.05) is 16.2 Å². The highest BCUT2D eigenvalue weighted by atomic mass is 16.4.